The molecule has 0 radical (unpaired) electrons. The van der Waals surface area contributed by atoms with Crippen molar-refractivity contribution in [1.82, 2.24) is 15.1 Å². The second-order valence-corrected chi connectivity index (χ2v) is 6.30. The van der Waals surface area contributed by atoms with Crippen molar-refractivity contribution in [3.63, 3.8) is 0 Å². The molecule has 4 rings (SSSR count). The summed E-state index contributed by atoms with van der Waals surface area (Å²) >= 11 is 6.30. The van der Waals surface area contributed by atoms with Gasteiger partial charge in [-0.3, -0.25) is 0 Å². The minimum Gasteiger partial charge on any atom is -0.497 e. The number of benzene rings is 1. The number of nitrogens with one attached hydrogen (secondary N) is 1. The summed E-state index contributed by atoms with van der Waals surface area (Å²) in [6, 6.07) is 8.93. The Morgan fingerprint density at radius 1 is 1.19 bits per heavy atom. The van der Waals surface area contributed by atoms with Gasteiger partial charge in [-0.05, 0) is 24.3 Å². The Morgan fingerprint density at radius 3 is 2.81 bits per heavy atom. The van der Waals surface area contributed by atoms with E-state index in [0.717, 1.165) is 18.7 Å². The van der Waals surface area contributed by atoms with E-state index in [2.05, 4.69) is 25.3 Å². The van der Waals surface area contributed by atoms with Gasteiger partial charge < -0.3 is 24.2 Å². The first-order chi connectivity index (χ1) is 13.2. The van der Waals surface area contributed by atoms with Crippen LogP contribution in [0.2, 0.25) is 5.02 Å². The highest BCUT2D eigenvalue weighted by atomic mass is 35.5. The number of methoxy groups -OCH3 is 1. The smallest absolute Gasteiger partial charge is 0.230 e. The largest absolute Gasteiger partial charge is 0.497 e. The van der Waals surface area contributed by atoms with Crippen LogP contribution < -0.4 is 15.0 Å². The minimum atomic E-state index is 0.462. The lowest BCUT2D eigenvalue weighted by Gasteiger charge is -2.26. The molecule has 0 atom stereocenters. The summed E-state index contributed by atoms with van der Waals surface area (Å²) in [7, 11) is 1.59. The van der Waals surface area contributed by atoms with Gasteiger partial charge in [0.2, 0.25) is 11.8 Å². The van der Waals surface area contributed by atoms with Gasteiger partial charge in [-0.25, -0.2) is 4.98 Å². The van der Waals surface area contributed by atoms with Crippen LogP contribution in [0.25, 0.3) is 11.3 Å². The van der Waals surface area contributed by atoms with Gasteiger partial charge in [-0.1, -0.05) is 16.8 Å². The van der Waals surface area contributed by atoms with Crippen molar-refractivity contribution < 1.29 is 14.0 Å². The highest BCUT2D eigenvalue weighted by Gasteiger charge is 2.15. The molecule has 1 saturated heterocycles. The number of aromatic nitrogens is 3. The van der Waals surface area contributed by atoms with Crippen LogP contribution in [-0.2, 0) is 4.74 Å². The van der Waals surface area contributed by atoms with Crippen LogP contribution in [-0.4, -0.2) is 48.5 Å². The first-order valence-electron chi connectivity index (χ1n) is 8.46. The number of ether oxygens (including phenoxy) is 2. The van der Waals surface area contributed by atoms with Crippen molar-refractivity contribution in [2.45, 2.75) is 0 Å². The highest BCUT2D eigenvalue weighted by molar-refractivity contribution is 6.33. The first kappa shape index (κ1) is 17.6. The molecule has 1 aliphatic heterocycles. The molecule has 0 bridgehead atoms. The summed E-state index contributed by atoms with van der Waals surface area (Å²) in [5.41, 5.74) is 1.37. The summed E-state index contributed by atoms with van der Waals surface area (Å²) in [5, 5.41) is 7.72. The van der Waals surface area contributed by atoms with E-state index in [1.54, 1.807) is 31.5 Å². The highest BCUT2D eigenvalue weighted by Crippen LogP contribution is 2.32. The summed E-state index contributed by atoms with van der Waals surface area (Å²) in [5.74, 6) is 2.42. The SMILES string of the molecule is COc1ccc(-c2cc(Nc3ccnc(N4CCOCC4)n3)on2)c(Cl)c1. The Kier molecular flexibility index (Phi) is 5.08. The second-order valence-electron chi connectivity index (χ2n) is 5.89. The average Bonchev–Trinajstić information content (AvgIpc) is 3.17. The number of anilines is 3. The van der Waals surface area contributed by atoms with Gasteiger partial charge in [-0.2, -0.15) is 4.98 Å². The van der Waals surface area contributed by atoms with Gasteiger partial charge in [0, 0.05) is 30.9 Å². The predicted molar refractivity (Wildman–Crippen MR) is 102 cm³/mol. The Labute approximate surface area is 161 Å². The van der Waals surface area contributed by atoms with E-state index in [0.29, 0.717) is 47.3 Å². The van der Waals surface area contributed by atoms with E-state index in [4.69, 9.17) is 25.6 Å². The molecule has 27 heavy (non-hydrogen) atoms. The van der Waals surface area contributed by atoms with E-state index in [-0.39, 0.29) is 0 Å². The van der Waals surface area contributed by atoms with Crippen molar-refractivity contribution >= 4 is 29.3 Å². The quantitative estimate of drug-likeness (QED) is 0.713. The standard InChI is InChI=1S/C18H18ClN5O3/c1-25-12-2-3-13(14(19)10-12)15-11-17(27-23-15)21-16-4-5-20-18(22-16)24-6-8-26-9-7-24/h2-5,10-11H,6-9H2,1H3,(H,20,21,22). The molecule has 1 aliphatic rings. The van der Waals surface area contributed by atoms with E-state index >= 15 is 0 Å². The zero-order valence-electron chi connectivity index (χ0n) is 14.7. The fourth-order valence-corrected chi connectivity index (χ4v) is 3.02. The van der Waals surface area contributed by atoms with Gasteiger partial charge in [-0.15, -0.1) is 0 Å². The lowest BCUT2D eigenvalue weighted by Crippen LogP contribution is -2.37. The molecule has 0 aliphatic carbocycles. The van der Waals surface area contributed by atoms with Crippen molar-refractivity contribution in [3.8, 4) is 17.0 Å². The number of hydrogen-bond acceptors (Lipinski definition) is 8. The summed E-state index contributed by atoms with van der Waals surface area (Å²) in [4.78, 5) is 10.9. The number of morpholine rings is 1. The Morgan fingerprint density at radius 2 is 2.04 bits per heavy atom. The maximum Gasteiger partial charge on any atom is 0.230 e. The molecule has 2 aromatic heterocycles. The second kappa shape index (κ2) is 7.81. The Bertz CT molecular complexity index is 927. The number of halogens is 1. The maximum atomic E-state index is 6.30. The maximum absolute atomic E-state index is 6.30. The van der Waals surface area contributed by atoms with E-state index < -0.39 is 0 Å². The van der Waals surface area contributed by atoms with Crippen LogP contribution in [0.3, 0.4) is 0 Å². The molecule has 8 nitrogen and oxygen atoms in total. The lowest BCUT2D eigenvalue weighted by molar-refractivity contribution is 0.122. The van der Waals surface area contributed by atoms with Gasteiger partial charge in [0.15, 0.2) is 0 Å². The third-order valence-corrected chi connectivity index (χ3v) is 4.46. The normalized spacial score (nSPS) is 14.2. The number of hydrogen-bond donors (Lipinski definition) is 1. The molecule has 1 aromatic carbocycles. The number of nitrogens with zero attached hydrogens (tertiary/aromatic N) is 4. The fourth-order valence-electron chi connectivity index (χ4n) is 2.75. The van der Waals surface area contributed by atoms with Crippen LogP contribution in [0.5, 0.6) is 5.75 Å². The van der Waals surface area contributed by atoms with Crippen molar-refractivity contribution in [1.29, 1.82) is 0 Å². The Balaban J connectivity index is 1.51. The molecule has 0 unspecified atom stereocenters. The van der Waals surface area contributed by atoms with Gasteiger partial charge >= 0.3 is 0 Å². The topological polar surface area (TPSA) is 85.5 Å². The monoisotopic (exact) mass is 387 g/mol. The minimum absolute atomic E-state index is 0.462. The lowest BCUT2D eigenvalue weighted by atomic mass is 10.1. The molecule has 9 heteroatoms. The van der Waals surface area contributed by atoms with E-state index in [1.165, 1.54) is 0 Å². The van der Waals surface area contributed by atoms with Gasteiger partial charge in [0.25, 0.3) is 0 Å². The third-order valence-electron chi connectivity index (χ3n) is 4.15. The van der Waals surface area contributed by atoms with Crippen LogP contribution in [0.1, 0.15) is 0 Å². The summed E-state index contributed by atoms with van der Waals surface area (Å²) < 4.78 is 15.9. The van der Waals surface area contributed by atoms with Crippen molar-refractivity contribution in [2.75, 3.05) is 43.6 Å². The van der Waals surface area contributed by atoms with E-state index in [1.807, 2.05) is 12.1 Å². The Hall–Kier alpha value is -2.84. The van der Waals surface area contributed by atoms with Crippen LogP contribution in [0, 0.1) is 0 Å². The van der Waals surface area contributed by atoms with Crippen LogP contribution in [0.4, 0.5) is 17.7 Å². The molecular formula is C18H18ClN5O3. The first-order valence-corrected chi connectivity index (χ1v) is 8.84. The summed E-state index contributed by atoms with van der Waals surface area (Å²) in [6.45, 7) is 2.89. The molecule has 0 amide bonds. The van der Waals surface area contributed by atoms with Gasteiger partial charge in [0.05, 0.1) is 25.3 Å². The molecule has 1 fully saturated rings. The molecule has 3 heterocycles. The average molecular weight is 388 g/mol. The third kappa shape index (κ3) is 3.96. The number of rotatable bonds is 5. The van der Waals surface area contributed by atoms with Crippen LogP contribution >= 0.6 is 11.6 Å². The van der Waals surface area contributed by atoms with Crippen molar-refractivity contribution in [2.24, 2.45) is 0 Å². The zero-order chi connectivity index (χ0) is 18.6. The zero-order valence-corrected chi connectivity index (χ0v) is 15.4. The fraction of sp³-hybridized carbons (Fsp3) is 0.278. The predicted octanol–water partition coefficient (Wildman–Crippen LogP) is 3.37. The molecule has 3 aromatic rings. The molecule has 0 saturated carbocycles. The van der Waals surface area contributed by atoms with Gasteiger partial charge in [0.1, 0.15) is 17.3 Å². The molecule has 1 N–H and O–H groups in total. The summed E-state index contributed by atoms with van der Waals surface area (Å²) in [6.07, 6.45) is 1.71. The molecule has 140 valence electrons. The van der Waals surface area contributed by atoms with Crippen LogP contribution in [0.15, 0.2) is 41.1 Å². The van der Waals surface area contributed by atoms with E-state index in [9.17, 15) is 0 Å². The van der Waals surface area contributed by atoms with Crippen molar-refractivity contribution in [3.05, 3.63) is 41.6 Å². The molecule has 0 spiro atoms. The molecular weight excluding hydrogens is 370 g/mol.